The number of thiophene rings is 2. The second kappa shape index (κ2) is 50.2. The molecule has 2 aliphatic rings. The lowest BCUT2D eigenvalue weighted by Gasteiger charge is -2.37. The molecule has 3 aromatic heterocycles. The van der Waals surface area contributed by atoms with Crippen molar-refractivity contribution < 1.29 is 0 Å². The molecule has 0 unspecified atom stereocenters. The van der Waals surface area contributed by atoms with E-state index in [2.05, 4.69) is 102 Å². The minimum atomic E-state index is 0.0146. The van der Waals surface area contributed by atoms with Crippen LogP contribution in [0.15, 0.2) is 24.3 Å². The Morgan fingerprint density at radius 1 is 0.283 bits per heavy atom. The maximum absolute atomic E-state index is 5.08. The summed E-state index contributed by atoms with van der Waals surface area (Å²) >= 11 is 5.73. The van der Waals surface area contributed by atoms with Crippen LogP contribution < -0.4 is 0 Å². The number of hydrogen-bond donors (Lipinski definition) is 0. The van der Waals surface area contributed by atoms with E-state index in [1.54, 1.807) is 54.3 Å². The number of fused-ring (bicyclic) bond motifs is 7. The van der Waals surface area contributed by atoms with Gasteiger partial charge >= 0.3 is 0 Å². The molecular formula is C94H156N2S3. The van der Waals surface area contributed by atoms with Crippen LogP contribution in [0.4, 0.5) is 0 Å². The van der Waals surface area contributed by atoms with E-state index in [0.29, 0.717) is 0 Å². The predicted molar refractivity (Wildman–Crippen MR) is 448 cm³/mol. The topological polar surface area (TPSA) is 25.8 Å². The summed E-state index contributed by atoms with van der Waals surface area (Å²) in [5, 5.41) is 0. The molecule has 0 amide bonds. The first-order chi connectivity index (χ1) is 48.8. The molecule has 0 atom stereocenters. The van der Waals surface area contributed by atoms with Crippen molar-refractivity contribution in [3.05, 3.63) is 68.1 Å². The Morgan fingerprint density at radius 2 is 0.535 bits per heavy atom. The minimum Gasteiger partial charge on any atom is -0.173 e. The van der Waals surface area contributed by atoms with Gasteiger partial charge in [-0.2, -0.15) is 8.75 Å². The Balaban J connectivity index is 1.14. The van der Waals surface area contributed by atoms with Gasteiger partial charge in [-0.25, -0.2) is 0 Å². The van der Waals surface area contributed by atoms with Gasteiger partial charge in [-0.15, -0.1) is 22.7 Å². The highest BCUT2D eigenvalue weighted by Crippen LogP contribution is 2.67. The first-order valence-corrected chi connectivity index (χ1v) is 46.8. The molecule has 5 aromatic rings. The summed E-state index contributed by atoms with van der Waals surface area (Å²) < 4.78 is 10.0. The smallest absolute Gasteiger partial charge is 0.113 e. The molecule has 0 aliphatic heterocycles. The van der Waals surface area contributed by atoms with Crippen molar-refractivity contribution in [2.24, 2.45) is 0 Å². The molecule has 0 saturated carbocycles. The standard InChI is InChI=1S/C94H156N2S3/c1-9-13-17-21-25-29-33-37-41-45-49-53-57-61-65-71-93(72-66-62-58-54-50-46-42-38-34-30-26-22-18-14-10-2)82-75-78(6)97-91(82)85-79(7)88-86(80(8)87(85)93)92-83(76-84(98-92)81-70-69-77(5)89-90(81)96-99-95-89)94(88,73-67-63-59-55-51-47-43-39-35-31-27-23-19-15-11-3)74-68-64-60-56-52-48-44-40-36-32-28-24-20-16-12-4/h69-70,75-76H,9-68,71-74H2,1-8H3. The number of nitrogens with zero attached hydrogens (tertiary/aromatic N) is 2. The SMILES string of the molecule is CCCCCCCCCCCCCCCCCC1(CCCCCCCCCCCCCCCCC)c2cc(C)sc2-c2c(C)c3c(c(C)c21)-c1sc(-c2ccc(C)c4nsnc24)cc1C3(CCCCCCCCCCCCCCCCC)CCCCCCCCCCCCCCCCC. The van der Waals surface area contributed by atoms with E-state index >= 15 is 0 Å². The highest BCUT2D eigenvalue weighted by Gasteiger charge is 2.52. The summed E-state index contributed by atoms with van der Waals surface area (Å²) in [6, 6.07) is 10.3. The van der Waals surface area contributed by atoms with Crippen LogP contribution in [0.2, 0.25) is 0 Å². The van der Waals surface area contributed by atoms with Crippen LogP contribution in [0, 0.1) is 27.7 Å². The van der Waals surface area contributed by atoms with Crippen molar-refractivity contribution in [3.63, 3.8) is 0 Å². The van der Waals surface area contributed by atoms with Crippen LogP contribution in [0.1, 0.15) is 482 Å². The van der Waals surface area contributed by atoms with E-state index in [1.807, 2.05) is 0 Å². The van der Waals surface area contributed by atoms with Gasteiger partial charge in [0.15, 0.2) is 0 Å². The Kier molecular flexibility index (Phi) is 42.6. The van der Waals surface area contributed by atoms with Crippen molar-refractivity contribution >= 4 is 45.4 Å². The zero-order valence-corrected chi connectivity index (χ0v) is 69.1. The summed E-state index contributed by atoms with van der Waals surface area (Å²) in [6.07, 6.45) is 90.4. The number of benzene rings is 2. The summed E-state index contributed by atoms with van der Waals surface area (Å²) in [7, 11) is 0. The van der Waals surface area contributed by atoms with Crippen molar-refractivity contribution in [2.45, 2.75) is 477 Å². The largest absolute Gasteiger partial charge is 0.173 e. The molecule has 2 aliphatic carbocycles. The summed E-state index contributed by atoms with van der Waals surface area (Å²) in [6.45, 7) is 19.4. The van der Waals surface area contributed by atoms with Gasteiger partial charge in [-0.05, 0) is 116 Å². The molecule has 99 heavy (non-hydrogen) atoms. The Labute approximate surface area is 626 Å². The third-order valence-electron chi connectivity index (χ3n) is 24.7. The van der Waals surface area contributed by atoms with Gasteiger partial charge in [0.1, 0.15) is 11.0 Å². The van der Waals surface area contributed by atoms with E-state index < -0.39 is 0 Å². The zero-order chi connectivity index (χ0) is 69.9. The van der Waals surface area contributed by atoms with Crippen molar-refractivity contribution in [2.75, 3.05) is 0 Å². The number of rotatable bonds is 65. The number of aromatic nitrogens is 2. The maximum atomic E-state index is 5.08. The average Bonchev–Trinajstić information content (AvgIpc) is 1.51. The molecule has 7 rings (SSSR count). The van der Waals surface area contributed by atoms with Crippen LogP contribution in [-0.2, 0) is 10.8 Å². The first kappa shape index (κ1) is 83.9. The van der Waals surface area contributed by atoms with Gasteiger partial charge in [0, 0.05) is 35.9 Å². The fourth-order valence-electron chi connectivity index (χ4n) is 18.8. The van der Waals surface area contributed by atoms with Gasteiger partial charge in [-0.1, -0.05) is 425 Å². The van der Waals surface area contributed by atoms with Crippen LogP contribution in [0.25, 0.3) is 42.4 Å². The lowest BCUT2D eigenvalue weighted by Crippen LogP contribution is -2.29. The van der Waals surface area contributed by atoms with Crippen LogP contribution in [-0.4, -0.2) is 8.75 Å². The molecule has 3 heterocycles. The van der Waals surface area contributed by atoms with E-state index in [-0.39, 0.29) is 10.8 Å². The molecule has 0 radical (unpaired) electrons. The Bertz CT molecular complexity index is 2800. The molecule has 5 heteroatoms. The zero-order valence-electron chi connectivity index (χ0n) is 66.7. The molecule has 0 N–H and O–H groups in total. The lowest BCUT2D eigenvalue weighted by atomic mass is 9.66. The number of unbranched alkanes of at least 4 members (excludes halogenated alkanes) is 56. The van der Waals surface area contributed by atoms with Crippen LogP contribution >= 0.6 is 34.4 Å². The van der Waals surface area contributed by atoms with Crippen molar-refractivity contribution in [1.29, 1.82) is 0 Å². The molecule has 0 fully saturated rings. The van der Waals surface area contributed by atoms with Gasteiger partial charge in [0.2, 0.25) is 0 Å². The van der Waals surface area contributed by atoms with Gasteiger partial charge in [0.25, 0.3) is 0 Å². The Morgan fingerprint density at radius 3 is 0.828 bits per heavy atom. The molecule has 2 aromatic carbocycles. The van der Waals surface area contributed by atoms with E-state index in [9.17, 15) is 0 Å². The maximum Gasteiger partial charge on any atom is 0.113 e. The summed E-state index contributed by atoms with van der Waals surface area (Å²) in [5.74, 6) is 0. The average molecular weight is 1410 g/mol. The quantitative estimate of drug-likeness (QED) is 0.0363. The molecule has 2 nitrogen and oxygen atoms in total. The summed E-state index contributed by atoms with van der Waals surface area (Å²) in [5.41, 5.74) is 18.6. The molecular weight excluding hydrogens is 1250 g/mol. The minimum absolute atomic E-state index is 0.0146. The van der Waals surface area contributed by atoms with Crippen molar-refractivity contribution in [3.8, 4) is 31.3 Å². The van der Waals surface area contributed by atoms with Crippen LogP contribution in [0.5, 0.6) is 0 Å². The van der Waals surface area contributed by atoms with E-state index in [4.69, 9.17) is 8.75 Å². The normalized spacial score (nSPS) is 13.6. The lowest BCUT2D eigenvalue weighted by molar-refractivity contribution is 0.392. The summed E-state index contributed by atoms with van der Waals surface area (Å²) in [4.78, 5) is 6.26. The van der Waals surface area contributed by atoms with Crippen LogP contribution in [0.3, 0.4) is 0 Å². The van der Waals surface area contributed by atoms with E-state index in [0.717, 1.165) is 11.0 Å². The van der Waals surface area contributed by atoms with Crippen molar-refractivity contribution in [1.82, 2.24) is 8.75 Å². The molecule has 560 valence electrons. The van der Waals surface area contributed by atoms with Gasteiger partial charge in [0.05, 0.1) is 11.7 Å². The monoisotopic (exact) mass is 1410 g/mol. The fourth-order valence-corrected chi connectivity index (χ4v) is 22.1. The van der Waals surface area contributed by atoms with E-state index in [1.165, 1.54) is 444 Å². The van der Waals surface area contributed by atoms with Gasteiger partial charge < -0.3 is 0 Å². The fraction of sp³-hybridized carbons (Fsp3) is 0.787. The Hall–Kier alpha value is -2.34. The number of hydrogen-bond acceptors (Lipinski definition) is 5. The third kappa shape index (κ3) is 26.9. The highest BCUT2D eigenvalue weighted by molar-refractivity contribution is 7.19. The second-order valence-electron chi connectivity index (χ2n) is 33.1. The second-order valence-corrected chi connectivity index (χ2v) is 35.9. The third-order valence-corrected chi connectivity index (χ3v) is 27.5. The first-order valence-electron chi connectivity index (χ1n) is 44.4. The highest BCUT2D eigenvalue weighted by atomic mass is 32.1. The van der Waals surface area contributed by atoms with Gasteiger partial charge in [-0.3, -0.25) is 0 Å². The molecule has 0 bridgehead atoms. The predicted octanol–water partition coefficient (Wildman–Crippen LogP) is 34.3. The number of aryl methyl sites for hydroxylation is 2. The molecule has 0 saturated heterocycles. The molecule has 0 spiro atoms.